The van der Waals surface area contributed by atoms with Crippen LogP contribution in [0.3, 0.4) is 0 Å². The summed E-state index contributed by atoms with van der Waals surface area (Å²) < 4.78 is 0. The molecule has 1 aromatic carbocycles. The van der Waals surface area contributed by atoms with Crippen LogP contribution in [0, 0.1) is 19.8 Å². The van der Waals surface area contributed by atoms with E-state index in [1.54, 1.807) is 0 Å². The van der Waals surface area contributed by atoms with E-state index in [0.717, 1.165) is 36.9 Å². The van der Waals surface area contributed by atoms with Gasteiger partial charge in [-0.15, -0.1) is 0 Å². The van der Waals surface area contributed by atoms with Gasteiger partial charge in [0.1, 0.15) is 0 Å². The second-order valence-electron chi connectivity index (χ2n) is 5.36. The van der Waals surface area contributed by atoms with Crippen LogP contribution < -0.4 is 11.1 Å². The van der Waals surface area contributed by atoms with E-state index in [1.165, 1.54) is 5.56 Å². The largest absolute Gasteiger partial charge is 0.327 e. The van der Waals surface area contributed by atoms with E-state index >= 15 is 0 Å². The van der Waals surface area contributed by atoms with Gasteiger partial charge in [-0.3, -0.25) is 4.79 Å². The molecule has 3 N–H and O–H groups in total. The molecule has 2 rings (SSSR count). The summed E-state index contributed by atoms with van der Waals surface area (Å²) in [7, 11) is 0. The molecule has 1 fully saturated rings. The van der Waals surface area contributed by atoms with Crippen molar-refractivity contribution in [2.75, 3.05) is 5.32 Å². The van der Waals surface area contributed by atoms with Crippen molar-refractivity contribution in [2.45, 2.75) is 45.6 Å². The summed E-state index contributed by atoms with van der Waals surface area (Å²) in [6, 6.07) is 6.08. The number of nitrogens with two attached hydrogens (primary N) is 1. The van der Waals surface area contributed by atoms with Crippen LogP contribution in [0.25, 0.3) is 0 Å². The minimum atomic E-state index is -0.0283. The highest BCUT2D eigenvalue weighted by Crippen LogP contribution is 2.25. The molecule has 1 amide bonds. The number of hydrogen-bond donors (Lipinski definition) is 2. The van der Waals surface area contributed by atoms with Crippen molar-refractivity contribution in [1.82, 2.24) is 0 Å². The lowest BCUT2D eigenvalue weighted by Gasteiger charge is -2.27. The fourth-order valence-corrected chi connectivity index (χ4v) is 2.66. The first-order valence-electron chi connectivity index (χ1n) is 6.71. The van der Waals surface area contributed by atoms with Gasteiger partial charge in [0, 0.05) is 11.7 Å². The van der Waals surface area contributed by atoms with Crippen LogP contribution in [0.2, 0.25) is 0 Å². The maximum absolute atomic E-state index is 12.2. The van der Waals surface area contributed by atoms with Gasteiger partial charge in [0.05, 0.1) is 5.92 Å². The van der Waals surface area contributed by atoms with Gasteiger partial charge in [0.2, 0.25) is 5.91 Å². The van der Waals surface area contributed by atoms with Gasteiger partial charge in [-0.05, 0) is 38.3 Å². The Morgan fingerprint density at radius 1 is 1.28 bits per heavy atom. The van der Waals surface area contributed by atoms with Gasteiger partial charge >= 0.3 is 0 Å². The molecule has 0 heterocycles. The van der Waals surface area contributed by atoms with E-state index in [9.17, 15) is 4.79 Å². The lowest BCUT2D eigenvalue weighted by molar-refractivity contribution is -0.121. The lowest BCUT2D eigenvalue weighted by atomic mass is 9.84. The third kappa shape index (κ3) is 2.91. The SMILES string of the molecule is Cc1ccc(NC(=O)C2CCCCC2N)c(C)c1. The van der Waals surface area contributed by atoms with Gasteiger partial charge in [-0.25, -0.2) is 0 Å². The Morgan fingerprint density at radius 2 is 2.00 bits per heavy atom. The van der Waals surface area contributed by atoms with Crippen LogP contribution in [0.4, 0.5) is 5.69 Å². The van der Waals surface area contributed by atoms with Crippen LogP contribution in [0.15, 0.2) is 18.2 Å². The smallest absolute Gasteiger partial charge is 0.229 e. The zero-order chi connectivity index (χ0) is 13.1. The van der Waals surface area contributed by atoms with Crippen LogP contribution in [0.5, 0.6) is 0 Å². The number of anilines is 1. The first-order valence-corrected chi connectivity index (χ1v) is 6.71. The predicted molar refractivity (Wildman–Crippen MR) is 74.5 cm³/mol. The van der Waals surface area contributed by atoms with Crippen LogP contribution >= 0.6 is 0 Å². The zero-order valence-corrected chi connectivity index (χ0v) is 11.2. The minimum absolute atomic E-state index is 0.0181. The normalized spacial score (nSPS) is 23.7. The van der Waals surface area contributed by atoms with Crippen LogP contribution in [-0.4, -0.2) is 11.9 Å². The number of hydrogen-bond acceptors (Lipinski definition) is 2. The molecule has 0 radical (unpaired) electrons. The second kappa shape index (κ2) is 5.53. The van der Waals surface area contributed by atoms with Gasteiger partial charge < -0.3 is 11.1 Å². The van der Waals surface area contributed by atoms with Crippen LogP contribution in [-0.2, 0) is 4.79 Å². The highest BCUT2D eigenvalue weighted by molar-refractivity contribution is 5.93. The quantitative estimate of drug-likeness (QED) is 0.843. The zero-order valence-electron chi connectivity index (χ0n) is 11.2. The summed E-state index contributed by atoms with van der Waals surface area (Å²) in [6.07, 6.45) is 4.13. The molecule has 0 aromatic heterocycles. The average Bonchev–Trinajstić information content (AvgIpc) is 2.33. The molecule has 18 heavy (non-hydrogen) atoms. The monoisotopic (exact) mass is 246 g/mol. The molecule has 1 aliphatic rings. The summed E-state index contributed by atoms with van der Waals surface area (Å²) in [5, 5.41) is 3.02. The molecule has 0 bridgehead atoms. The number of rotatable bonds is 2. The molecule has 1 aliphatic carbocycles. The molecule has 0 aliphatic heterocycles. The first kappa shape index (κ1) is 13.1. The molecule has 1 saturated carbocycles. The molecule has 2 atom stereocenters. The van der Waals surface area contributed by atoms with E-state index in [-0.39, 0.29) is 17.9 Å². The maximum Gasteiger partial charge on any atom is 0.229 e. The predicted octanol–water partition coefficient (Wildman–Crippen LogP) is 2.76. The maximum atomic E-state index is 12.2. The molecule has 2 unspecified atom stereocenters. The molecule has 1 aromatic rings. The molecule has 0 spiro atoms. The number of amides is 1. The Morgan fingerprint density at radius 3 is 2.67 bits per heavy atom. The number of nitrogens with one attached hydrogen (secondary N) is 1. The van der Waals surface area contributed by atoms with E-state index < -0.39 is 0 Å². The summed E-state index contributed by atoms with van der Waals surface area (Å²) in [6.45, 7) is 4.07. The van der Waals surface area contributed by atoms with E-state index in [0.29, 0.717) is 0 Å². The van der Waals surface area contributed by atoms with E-state index in [4.69, 9.17) is 5.73 Å². The Bertz CT molecular complexity index is 442. The van der Waals surface area contributed by atoms with Crippen molar-refractivity contribution in [1.29, 1.82) is 0 Å². The highest BCUT2D eigenvalue weighted by atomic mass is 16.1. The topological polar surface area (TPSA) is 55.1 Å². The Balaban J connectivity index is 2.06. The highest BCUT2D eigenvalue weighted by Gasteiger charge is 2.28. The molecular formula is C15H22N2O. The van der Waals surface area contributed by atoms with Crippen molar-refractivity contribution in [2.24, 2.45) is 11.7 Å². The van der Waals surface area contributed by atoms with Crippen molar-refractivity contribution >= 4 is 11.6 Å². The lowest BCUT2D eigenvalue weighted by Crippen LogP contribution is -2.40. The second-order valence-corrected chi connectivity index (χ2v) is 5.36. The third-order valence-corrected chi connectivity index (χ3v) is 3.80. The Hall–Kier alpha value is -1.35. The van der Waals surface area contributed by atoms with Crippen molar-refractivity contribution in [3.8, 4) is 0 Å². The first-order chi connectivity index (χ1) is 8.58. The molecular weight excluding hydrogens is 224 g/mol. The molecule has 3 heteroatoms. The molecule has 0 saturated heterocycles. The van der Waals surface area contributed by atoms with Crippen molar-refractivity contribution < 1.29 is 4.79 Å². The summed E-state index contributed by atoms with van der Waals surface area (Å²) in [4.78, 5) is 12.2. The standard InChI is InChI=1S/C15H22N2O/c1-10-7-8-14(11(2)9-10)17-15(18)12-5-3-4-6-13(12)16/h7-9,12-13H,3-6,16H2,1-2H3,(H,17,18). The molecule has 98 valence electrons. The van der Waals surface area contributed by atoms with E-state index in [2.05, 4.69) is 18.3 Å². The number of carbonyl (C=O) groups is 1. The fourth-order valence-electron chi connectivity index (χ4n) is 2.66. The number of carbonyl (C=O) groups excluding carboxylic acids is 1. The number of aryl methyl sites for hydroxylation is 2. The molecule has 3 nitrogen and oxygen atoms in total. The van der Waals surface area contributed by atoms with Crippen molar-refractivity contribution in [3.63, 3.8) is 0 Å². The minimum Gasteiger partial charge on any atom is -0.327 e. The van der Waals surface area contributed by atoms with Gasteiger partial charge in [-0.2, -0.15) is 0 Å². The Labute approximate surface area is 109 Å². The third-order valence-electron chi connectivity index (χ3n) is 3.80. The van der Waals surface area contributed by atoms with Gasteiger partial charge in [0.15, 0.2) is 0 Å². The van der Waals surface area contributed by atoms with E-state index in [1.807, 2.05) is 19.1 Å². The van der Waals surface area contributed by atoms with Gasteiger partial charge in [0.25, 0.3) is 0 Å². The Kier molecular flexibility index (Phi) is 4.02. The van der Waals surface area contributed by atoms with Crippen molar-refractivity contribution in [3.05, 3.63) is 29.3 Å². The summed E-state index contributed by atoms with van der Waals surface area (Å²) >= 11 is 0. The summed E-state index contributed by atoms with van der Waals surface area (Å²) in [5.41, 5.74) is 9.25. The number of benzene rings is 1. The van der Waals surface area contributed by atoms with Gasteiger partial charge in [-0.1, -0.05) is 30.5 Å². The van der Waals surface area contributed by atoms with Crippen LogP contribution in [0.1, 0.15) is 36.8 Å². The summed E-state index contributed by atoms with van der Waals surface area (Å²) in [5.74, 6) is 0.0496. The fraction of sp³-hybridized carbons (Fsp3) is 0.533. The average molecular weight is 246 g/mol.